The summed E-state index contributed by atoms with van der Waals surface area (Å²) < 4.78 is 29.1. The number of sulfonamides is 1. The number of hydrogen-bond acceptors (Lipinski definition) is 5. The molecule has 0 aromatic heterocycles. The summed E-state index contributed by atoms with van der Waals surface area (Å²) in [6.45, 7) is 1.62. The molecule has 0 aliphatic heterocycles. The number of carboxylic acid groups (broad SMARTS) is 1. The highest BCUT2D eigenvalue weighted by Crippen LogP contribution is 2.31. The first-order valence-electron chi connectivity index (χ1n) is 11.2. The number of aryl methyl sites for hydroxylation is 1. The molecule has 3 N–H and O–H groups in total. The molecule has 0 radical (unpaired) electrons. The molecule has 0 heterocycles. The lowest BCUT2D eigenvalue weighted by atomic mass is 9.96. The van der Waals surface area contributed by atoms with Crippen LogP contribution in [-0.4, -0.2) is 51.6 Å². The predicted molar refractivity (Wildman–Crippen MR) is 128 cm³/mol. The van der Waals surface area contributed by atoms with Gasteiger partial charge in [-0.05, 0) is 88.5 Å². The molecule has 1 aliphatic rings. The van der Waals surface area contributed by atoms with Gasteiger partial charge in [-0.2, -0.15) is 0 Å². The standard InChI is InChI=1S/C24H33N3O4S/c1-27(2)17-9-8-16-25-20-12-6-7-13-22(20)32(30,31)26-21-15-14-18-10-4-3-5-11-19(18)23(21)24(28)29/h6-7,12-15,25-26H,3-5,8-11,16-17H2,1-2H3,(H,28,29). The second-order valence-electron chi connectivity index (χ2n) is 8.53. The minimum absolute atomic E-state index is 0.0714. The summed E-state index contributed by atoms with van der Waals surface area (Å²) in [5, 5.41) is 13.1. The highest BCUT2D eigenvalue weighted by molar-refractivity contribution is 7.92. The van der Waals surface area contributed by atoms with E-state index >= 15 is 0 Å². The SMILES string of the molecule is CN(C)CCCCNc1ccccc1S(=O)(=O)Nc1ccc2c(c1C(=O)O)CCCCC2. The number of carboxylic acids is 1. The van der Waals surface area contributed by atoms with Gasteiger partial charge in [-0.1, -0.05) is 24.6 Å². The third-order valence-corrected chi connectivity index (χ3v) is 7.19. The highest BCUT2D eigenvalue weighted by Gasteiger charge is 2.25. The average molecular weight is 460 g/mol. The Morgan fingerprint density at radius 2 is 1.75 bits per heavy atom. The molecule has 3 rings (SSSR count). The molecule has 0 atom stereocenters. The minimum atomic E-state index is -3.98. The molecule has 0 bridgehead atoms. The topological polar surface area (TPSA) is 98.7 Å². The van der Waals surface area contributed by atoms with E-state index in [9.17, 15) is 18.3 Å². The molecule has 0 spiro atoms. The zero-order valence-corrected chi connectivity index (χ0v) is 19.7. The summed E-state index contributed by atoms with van der Waals surface area (Å²) in [6.07, 6.45) is 6.36. The first-order valence-corrected chi connectivity index (χ1v) is 12.7. The summed E-state index contributed by atoms with van der Waals surface area (Å²) in [4.78, 5) is 14.3. The van der Waals surface area contributed by atoms with Crippen LogP contribution in [0.3, 0.4) is 0 Å². The molecule has 0 saturated carbocycles. The first kappa shape index (κ1) is 24.1. The zero-order chi connectivity index (χ0) is 23.1. The third kappa shape index (κ3) is 6.01. The molecule has 7 nitrogen and oxygen atoms in total. The van der Waals surface area contributed by atoms with E-state index in [1.165, 1.54) is 6.07 Å². The number of benzene rings is 2. The van der Waals surface area contributed by atoms with Gasteiger partial charge in [0, 0.05) is 6.54 Å². The van der Waals surface area contributed by atoms with Crippen molar-refractivity contribution in [2.24, 2.45) is 0 Å². The Kier molecular flexibility index (Phi) is 8.15. The highest BCUT2D eigenvalue weighted by atomic mass is 32.2. The predicted octanol–water partition coefficient (Wildman–Crippen LogP) is 4.21. The van der Waals surface area contributed by atoms with E-state index in [0.717, 1.165) is 56.2 Å². The Morgan fingerprint density at radius 1 is 1.00 bits per heavy atom. The van der Waals surface area contributed by atoms with Crippen molar-refractivity contribution in [1.82, 2.24) is 4.90 Å². The molecule has 8 heteroatoms. The summed E-state index contributed by atoms with van der Waals surface area (Å²) in [5.41, 5.74) is 2.46. The fourth-order valence-electron chi connectivity index (χ4n) is 4.16. The molecule has 0 amide bonds. The number of hydrogen-bond donors (Lipinski definition) is 3. The average Bonchev–Trinajstić information content (AvgIpc) is 2.98. The number of rotatable bonds is 10. The van der Waals surface area contributed by atoms with Crippen LogP contribution in [0.5, 0.6) is 0 Å². The van der Waals surface area contributed by atoms with Gasteiger partial charge >= 0.3 is 5.97 Å². The van der Waals surface area contributed by atoms with E-state index in [1.54, 1.807) is 24.3 Å². The maximum absolute atomic E-state index is 13.3. The molecule has 174 valence electrons. The number of nitrogens with one attached hydrogen (secondary N) is 2. The van der Waals surface area contributed by atoms with Gasteiger partial charge in [-0.3, -0.25) is 4.72 Å². The van der Waals surface area contributed by atoms with E-state index in [2.05, 4.69) is 14.9 Å². The fraction of sp³-hybridized carbons (Fsp3) is 0.458. The van der Waals surface area contributed by atoms with Crippen LogP contribution in [-0.2, 0) is 22.9 Å². The molecule has 0 fully saturated rings. The van der Waals surface area contributed by atoms with Crippen LogP contribution in [0.25, 0.3) is 0 Å². The normalized spacial score (nSPS) is 14.0. The zero-order valence-electron chi connectivity index (χ0n) is 18.9. The summed E-state index contributed by atoms with van der Waals surface area (Å²) in [5.74, 6) is -1.10. The smallest absolute Gasteiger partial charge is 0.338 e. The van der Waals surface area contributed by atoms with E-state index in [4.69, 9.17) is 0 Å². The Morgan fingerprint density at radius 3 is 2.50 bits per heavy atom. The summed E-state index contributed by atoms with van der Waals surface area (Å²) >= 11 is 0. The van der Waals surface area contributed by atoms with E-state index < -0.39 is 16.0 Å². The summed E-state index contributed by atoms with van der Waals surface area (Å²) in [7, 11) is 0.0694. The van der Waals surface area contributed by atoms with Gasteiger partial charge in [0.25, 0.3) is 10.0 Å². The van der Waals surface area contributed by atoms with Crippen LogP contribution in [0.1, 0.15) is 53.6 Å². The van der Waals surface area contributed by atoms with Gasteiger partial charge < -0.3 is 15.3 Å². The van der Waals surface area contributed by atoms with Gasteiger partial charge in [0.05, 0.1) is 16.9 Å². The van der Waals surface area contributed by atoms with Crippen LogP contribution in [0.2, 0.25) is 0 Å². The second-order valence-corrected chi connectivity index (χ2v) is 10.2. The van der Waals surface area contributed by atoms with E-state index in [1.807, 2.05) is 20.2 Å². The fourth-order valence-corrected chi connectivity index (χ4v) is 5.41. The number of aromatic carboxylic acids is 1. The Hall–Kier alpha value is -2.58. The van der Waals surface area contributed by atoms with Crippen molar-refractivity contribution >= 4 is 27.4 Å². The second kappa shape index (κ2) is 10.8. The van der Waals surface area contributed by atoms with Crippen LogP contribution in [0.15, 0.2) is 41.3 Å². The molecule has 0 unspecified atom stereocenters. The molecular formula is C24H33N3O4S. The Balaban J connectivity index is 1.84. The lowest BCUT2D eigenvalue weighted by Gasteiger charge is -2.18. The molecular weight excluding hydrogens is 426 g/mol. The minimum Gasteiger partial charge on any atom is -0.478 e. The van der Waals surface area contributed by atoms with Crippen molar-refractivity contribution in [3.63, 3.8) is 0 Å². The monoisotopic (exact) mass is 459 g/mol. The van der Waals surface area contributed by atoms with Crippen LogP contribution in [0, 0.1) is 0 Å². The number of para-hydroxylation sites is 1. The maximum Gasteiger partial charge on any atom is 0.338 e. The number of anilines is 2. The van der Waals surface area contributed by atoms with Crippen molar-refractivity contribution in [2.45, 2.75) is 49.8 Å². The Bertz CT molecular complexity index is 1050. The van der Waals surface area contributed by atoms with Crippen molar-refractivity contribution in [2.75, 3.05) is 37.2 Å². The van der Waals surface area contributed by atoms with Gasteiger partial charge in [0.2, 0.25) is 0 Å². The summed E-state index contributed by atoms with van der Waals surface area (Å²) in [6, 6.07) is 10.2. The number of carbonyl (C=O) groups is 1. The number of nitrogens with zero attached hydrogens (tertiary/aromatic N) is 1. The largest absolute Gasteiger partial charge is 0.478 e. The van der Waals surface area contributed by atoms with Gasteiger partial charge in [-0.15, -0.1) is 0 Å². The van der Waals surface area contributed by atoms with Crippen LogP contribution in [0.4, 0.5) is 11.4 Å². The van der Waals surface area contributed by atoms with Crippen molar-refractivity contribution in [3.8, 4) is 0 Å². The number of unbranched alkanes of at least 4 members (excludes halogenated alkanes) is 1. The van der Waals surface area contributed by atoms with Gasteiger partial charge in [0.1, 0.15) is 4.90 Å². The molecule has 2 aromatic rings. The molecule has 32 heavy (non-hydrogen) atoms. The van der Waals surface area contributed by atoms with E-state index in [0.29, 0.717) is 18.7 Å². The lowest BCUT2D eigenvalue weighted by molar-refractivity contribution is 0.0696. The number of fused-ring (bicyclic) bond motifs is 1. The van der Waals surface area contributed by atoms with Crippen molar-refractivity contribution < 1.29 is 18.3 Å². The van der Waals surface area contributed by atoms with Crippen molar-refractivity contribution in [3.05, 3.63) is 53.1 Å². The van der Waals surface area contributed by atoms with Gasteiger partial charge in [-0.25, -0.2) is 13.2 Å². The first-order chi connectivity index (χ1) is 15.3. The molecule has 0 saturated heterocycles. The van der Waals surface area contributed by atoms with Crippen molar-refractivity contribution in [1.29, 1.82) is 0 Å². The lowest BCUT2D eigenvalue weighted by Crippen LogP contribution is -2.19. The maximum atomic E-state index is 13.3. The Labute approximate surface area is 190 Å². The quantitative estimate of drug-likeness (QED) is 0.364. The van der Waals surface area contributed by atoms with Crippen LogP contribution < -0.4 is 10.0 Å². The molecule has 1 aliphatic carbocycles. The van der Waals surface area contributed by atoms with Crippen LogP contribution >= 0.6 is 0 Å². The van der Waals surface area contributed by atoms with E-state index in [-0.39, 0.29) is 16.1 Å². The molecule has 2 aromatic carbocycles. The third-order valence-electron chi connectivity index (χ3n) is 5.77. The van der Waals surface area contributed by atoms with Gasteiger partial charge in [0.15, 0.2) is 0 Å².